The Morgan fingerprint density at radius 3 is 2.56 bits per heavy atom. The normalized spacial score (nSPS) is 10.3. The zero-order valence-corrected chi connectivity index (χ0v) is 9.37. The first-order valence-electron chi connectivity index (χ1n) is 4.65. The highest BCUT2D eigenvalue weighted by Crippen LogP contribution is 2.26. The molecule has 0 spiro atoms. The standard InChI is InChI=1S/C9H5FN2O4.CH5N/c10-16-9(13)7(5-11)6-3-1-2-4-8(6)12(14)15;1-2/h1-4,7H;2H2,1H3. The molecule has 0 aliphatic carbocycles. The van der Waals surface area contributed by atoms with Gasteiger partial charge in [0, 0.05) is 10.6 Å². The van der Waals surface area contributed by atoms with Gasteiger partial charge >= 0.3 is 5.97 Å². The summed E-state index contributed by atoms with van der Waals surface area (Å²) in [6.07, 6.45) is 0. The third-order valence-corrected chi connectivity index (χ3v) is 1.89. The number of carbonyl (C=O) groups is 1. The molecular formula is C10H10FN3O4. The molecule has 1 atom stereocenters. The van der Waals surface area contributed by atoms with Gasteiger partial charge in [-0.3, -0.25) is 15.1 Å². The number of nitrogens with two attached hydrogens (primary N) is 1. The van der Waals surface area contributed by atoms with Crippen LogP contribution in [0.25, 0.3) is 0 Å². The number of nitrogens with zero attached hydrogens (tertiary/aromatic N) is 2. The molecule has 0 aromatic heterocycles. The van der Waals surface area contributed by atoms with Crippen LogP contribution in [-0.4, -0.2) is 17.9 Å². The zero-order valence-electron chi connectivity index (χ0n) is 9.37. The van der Waals surface area contributed by atoms with E-state index in [1.807, 2.05) is 0 Å². The Hall–Kier alpha value is -2.53. The SMILES string of the molecule is CN.N#CC(C(=O)OF)c1ccccc1[N+](=O)[O-]. The summed E-state index contributed by atoms with van der Waals surface area (Å²) in [7, 11) is 1.50. The average molecular weight is 255 g/mol. The largest absolute Gasteiger partial charge is 0.370 e. The van der Waals surface area contributed by atoms with Crippen molar-refractivity contribution in [2.75, 3.05) is 7.05 Å². The summed E-state index contributed by atoms with van der Waals surface area (Å²) in [6.45, 7) is 0. The van der Waals surface area contributed by atoms with Crippen LogP contribution >= 0.6 is 0 Å². The number of nitro groups is 1. The Bertz CT molecular complexity index is 472. The fourth-order valence-electron chi connectivity index (χ4n) is 1.19. The Labute approximate surface area is 102 Å². The van der Waals surface area contributed by atoms with Gasteiger partial charge in [-0.25, -0.2) is 4.79 Å². The molecule has 0 fully saturated rings. The van der Waals surface area contributed by atoms with E-state index in [2.05, 4.69) is 10.7 Å². The molecule has 0 radical (unpaired) electrons. The van der Waals surface area contributed by atoms with Gasteiger partial charge in [-0.2, -0.15) is 5.26 Å². The van der Waals surface area contributed by atoms with Crippen LogP contribution in [0.4, 0.5) is 10.2 Å². The van der Waals surface area contributed by atoms with E-state index >= 15 is 0 Å². The summed E-state index contributed by atoms with van der Waals surface area (Å²) in [6, 6.07) is 6.53. The van der Waals surface area contributed by atoms with Crippen LogP contribution < -0.4 is 5.73 Å². The number of halogens is 1. The van der Waals surface area contributed by atoms with Crippen molar-refractivity contribution in [2.24, 2.45) is 5.73 Å². The monoisotopic (exact) mass is 255 g/mol. The molecule has 8 heteroatoms. The highest BCUT2D eigenvalue weighted by molar-refractivity contribution is 5.82. The van der Waals surface area contributed by atoms with Crippen LogP contribution in [0.5, 0.6) is 0 Å². The summed E-state index contributed by atoms with van der Waals surface area (Å²) in [5, 5.41) is 19.3. The molecule has 0 amide bonds. The number of hydrogen-bond donors (Lipinski definition) is 1. The summed E-state index contributed by atoms with van der Waals surface area (Å²) in [5.41, 5.74) is 3.87. The molecule has 1 aromatic rings. The smallest absolute Gasteiger partial charge is 0.333 e. The van der Waals surface area contributed by atoms with Gasteiger partial charge in [0.1, 0.15) is 0 Å². The van der Waals surface area contributed by atoms with Crippen LogP contribution in [0.15, 0.2) is 24.3 Å². The number of rotatable bonds is 3. The van der Waals surface area contributed by atoms with Crippen molar-refractivity contribution in [1.29, 1.82) is 5.26 Å². The molecule has 1 aromatic carbocycles. The molecule has 0 bridgehead atoms. The third-order valence-electron chi connectivity index (χ3n) is 1.89. The number of nitro benzene ring substituents is 1. The van der Waals surface area contributed by atoms with Gasteiger partial charge < -0.3 is 5.73 Å². The van der Waals surface area contributed by atoms with Crippen molar-refractivity contribution in [2.45, 2.75) is 5.92 Å². The topological polar surface area (TPSA) is 119 Å². The second-order valence-corrected chi connectivity index (χ2v) is 2.77. The molecule has 1 rings (SSSR count). The average Bonchev–Trinajstić information content (AvgIpc) is 2.42. The van der Waals surface area contributed by atoms with Gasteiger partial charge in [0.2, 0.25) is 0 Å². The van der Waals surface area contributed by atoms with Crippen molar-refractivity contribution in [1.82, 2.24) is 0 Å². The lowest BCUT2D eigenvalue weighted by Crippen LogP contribution is -2.12. The lowest BCUT2D eigenvalue weighted by molar-refractivity contribution is -0.385. The second-order valence-electron chi connectivity index (χ2n) is 2.77. The summed E-state index contributed by atoms with van der Waals surface area (Å²) in [5.74, 6) is -3.12. The summed E-state index contributed by atoms with van der Waals surface area (Å²) in [4.78, 5) is 23.6. The molecule has 96 valence electrons. The van der Waals surface area contributed by atoms with Crippen molar-refractivity contribution >= 4 is 11.7 Å². The van der Waals surface area contributed by atoms with Crippen LogP contribution in [0, 0.1) is 21.4 Å². The van der Waals surface area contributed by atoms with Crippen LogP contribution in [0.2, 0.25) is 0 Å². The van der Waals surface area contributed by atoms with Gasteiger partial charge in [0.15, 0.2) is 5.92 Å². The fourth-order valence-corrected chi connectivity index (χ4v) is 1.19. The van der Waals surface area contributed by atoms with Crippen molar-refractivity contribution < 1.29 is 19.2 Å². The highest BCUT2D eigenvalue weighted by atomic mass is 19.3. The predicted molar refractivity (Wildman–Crippen MR) is 58.8 cm³/mol. The Morgan fingerprint density at radius 1 is 1.56 bits per heavy atom. The van der Waals surface area contributed by atoms with E-state index in [-0.39, 0.29) is 5.56 Å². The Balaban J connectivity index is 0.00000137. The van der Waals surface area contributed by atoms with Crippen molar-refractivity contribution in [3.63, 3.8) is 0 Å². The molecule has 0 saturated heterocycles. The minimum absolute atomic E-state index is 0.197. The van der Waals surface area contributed by atoms with Gasteiger partial charge in [-0.05, 0) is 7.05 Å². The number of hydrogen-bond acceptors (Lipinski definition) is 6. The van der Waals surface area contributed by atoms with Crippen molar-refractivity contribution in [3.8, 4) is 6.07 Å². The molecule has 0 heterocycles. The van der Waals surface area contributed by atoms with E-state index in [0.29, 0.717) is 0 Å². The molecular weight excluding hydrogens is 245 g/mol. The summed E-state index contributed by atoms with van der Waals surface area (Å²) < 4.78 is 11.7. The second kappa shape index (κ2) is 7.70. The molecule has 0 aliphatic rings. The molecule has 0 saturated carbocycles. The van der Waals surface area contributed by atoms with E-state index in [1.54, 1.807) is 0 Å². The van der Waals surface area contributed by atoms with E-state index < -0.39 is 22.5 Å². The summed E-state index contributed by atoms with van der Waals surface area (Å²) >= 11 is 0. The van der Waals surface area contributed by atoms with Crippen molar-refractivity contribution in [3.05, 3.63) is 39.9 Å². The van der Waals surface area contributed by atoms with Crippen LogP contribution in [0.3, 0.4) is 0 Å². The first-order valence-corrected chi connectivity index (χ1v) is 4.65. The van der Waals surface area contributed by atoms with Crippen LogP contribution in [0.1, 0.15) is 11.5 Å². The van der Waals surface area contributed by atoms with Gasteiger partial charge in [-0.15, -0.1) is 0 Å². The van der Waals surface area contributed by atoms with E-state index in [1.165, 1.54) is 31.3 Å². The maximum atomic E-state index is 11.7. The molecule has 1 unspecified atom stereocenters. The molecule has 0 aliphatic heterocycles. The van der Waals surface area contributed by atoms with E-state index in [0.717, 1.165) is 6.07 Å². The molecule has 18 heavy (non-hydrogen) atoms. The minimum atomic E-state index is -1.65. The third kappa shape index (κ3) is 3.50. The first-order chi connectivity index (χ1) is 8.61. The minimum Gasteiger partial charge on any atom is -0.333 e. The Kier molecular flexibility index (Phi) is 6.61. The molecule has 7 nitrogen and oxygen atoms in total. The number of para-hydroxylation sites is 1. The number of nitriles is 1. The van der Waals surface area contributed by atoms with Gasteiger partial charge in [0.25, 0.3) is 5.69 Å². The predicted octanol–water partition coefficient (Wildman–Crippen LogP) is 1.20. The first kappa shape index (κ1) is 15.5. The quantitative estimate of drug-likeness (QED) is 0.640. The van der Waals surface area contributed by atoms with E-state index in [9.17, 15) is 19.4 Å². The number of carbonyl (C=O) groups excluding carboxylic acids is 1. The fraction of sp³-hybridized carbons (Fsp3) is 0.200. The van der Waals surface area contributed by atoms with Crippen LogP contribution in [-0.2, 0) is 9.74 Å². The highest BCUT2D eigenvalue weighted by Gasteiger charge is 2.29. The molecule has 2 N–H and O–H groups in total. The lowest BCUT2D eigenvalue weighted by Gasteiger charge is -2.04. The zero-order chi connectivity index (χ0) is 14.1. The van der Waals surface area contributed by atoms with Gasteiger partial charge in [0.05, 0.1) is 16.6 Å². The Morgan fingerprint density at radius 2 is 2.11 bits per heavy atom. The maximum absolute atomic E-state index is 11.7. The maximum Gasteiger partial charge on any atom is 0.370 e. The van der Waals surface area contributed by atoms with Gasteiger partial charge in [-0.1, -0.05) is 18.2 Å². The van der Waals surface area contributed by atoms with E-state index in [4.69, 9.17) is 5.26 Å². The lowest BCUT2D eigenvalue weighted by atomic mass is 9.99. The number of benzene rings is 1.